The fourth-order valence-corrected chi connectivity index (χ4v) is 5.85. The van der Waals surface area contributed by atoms with Crippen LogP contribution in [0.5, 0.6) is 0 Å². The van der Waals surface area contributed by atoms with Crippen LogP contribution in [0, 0.1) is 13.8 Å². The molecule has 5 heterocycles. The number of anilines is 1. The molecule has 4 aromatic heterocycles. The van der Waals surface area contributed by atoms with E-state index < -0.39 is 0 Å². The molecule has 0 radical (unpaired) electrons. The fourth-order valence-electron chi connectivity index (χ4n) is 5.85. The van der Waals surface area contributed by atoms with E-state index in [0.29, 0.717) is 29.9 Å². The first kappa shape index (κ1) is 29.1. The molecule has 232 valence electrons. The second-order valence-corrected chi connectivity index (χ2v) is 11.6. The van der Waals surface area contributed by atoms with Crippen LogP contribution in [0.4, 0.5) is 10.7 Å². The van der Waals surface area contributed by atoms with Crippen LogP contribution >= 0.6 is 0 Å². The number of hydrogen-bond acceptors (Lipinski definition) is 9. The molecule has 1 saturated heterocycles. The van der Waals surface area contributed by atoms with Crippen LogP contribution in [-0.2, 0) is 11.3 Å². The van der Waals surface area contributed by atoms with E-state index in [1.165, 1.54) is 0 Å². The lowest BCUT2D eigenvalue weighted by Gasteiger charge is -2.37. The van der Waals surface area contributed by atoms with Crippen molar-refractivity contribution in [1.82, 2.24) is 34.6 Å². The SMILES string of the molecule is Cc1nc(-c2ccc3c(-c4nc(N[C@@H]5CC[C@@H](C)N(C(=O)OCc6ccccc6)C5)ncc4C)cn(-c4ccccc4)c3n2)no1. The zero-order valence-corrected chi connectivity index (χ0v) is 25.9. The van der Waals surface area contributed by atoms with Gasteiger partial charge in [-0.05, 0) is 62.1 Å². The molecule has 2 atom stereocenters. The molecule has 11 nitrogen and oxygen atoms in total. The first-order valence-electron chi connectivity index (χ1n) is 15.4. The number of benzene rings is 2. The smallest absolute Gasteiger partial charge is 0.410 e. The molecule has 1 aliphatic heterocycles. The van der Waals surface area contributed by atoms with E-state index >= 15 is 0 Å². The van der Waals surface area contributed by atoms with E-state index in [1.54, 1.807) is 11.8 Å². The summed E-state index contributed by atoms with van der Waals surface area (Å²) >= 11 is 0. The van der Waals surface area contributed by atoms with Crippen LogP contribution in [0.3, 0.4) is 0 Å². The van der Waals surface area contributed by atoms with Gasteiger partial charge in [0.05, 0.1) is 5.69 Å². The number of para-hydroxylation sites is 1. The van der Waals surface area contributed by atoms with Gasteiger partial charge in [0.1, 0.15) is 17.9 Å². The summed E-state index contributed by atoms with van der Waals surface area (Å²) in [6, 6.07) is 23.7. The maximum atomic E-state index is 13.0. The molecular weight excluding hydrogens is 580 g/mol. The van der Waals surface area contributed by atoms with Crippen LogP contribution < -0.4 is 5.32 Å². The van der Waals surface area contributed by atoms with Crippen molar-refractivity contribution < 1.29 is 14.1 Å². The minimum Gasteiger partial charge on any atom is -0.445 e. The van der Waals surface area contributed by atoms with Crippen molar-refractivity contribution in [3.63, 3.8) is 0 Å². The zero-order chi connectivity index (χ0) is 31.6. The fraction of sp³-hybridized carbons (Fsp3) is 0.257. The molecule has 7 rings (SSSR count). The lowest BCUT2D eigenvalue weighted by atomic mass is 10.00. The van der Waals surface area contributed by atoms with Crippen LogP contribution in [0.2, 0.25) is 0 Å². The Labute approximate surface area is 266 Å². The Morgan fingerprint density at radius 1 is 0.978 bits per heavy atom. The Balaban J connectivity index is 1.17. The number of ether oxygens (including phenoxy) is 1. The van der Waals surface area contributed by atoms with Gasteiger partial charge in [-0.15, -0.1) is 0 Å². The highest BCUT2D eigenvalue weighted by Crippen LogP contribution is 2.34. The molecule has 0 spiro atoms. The van der Waals surface area contributed by atoms with E-state index in [0.717, 1.165) is 51.9 Å². The first-order chi connectivity index (χ1) is 22.4. The summed E-state index contributed by atoms with van der Waals surface area (Å²) in [5, 5.41) is 8.49. The van der Waals surface area contributed by atoms with Gasteiger partial charge in [0, 0.05) is 54.6 Å². The summed E-state index contributed by atoms with van der Waals surface area (Å²) in [6.07, 6.45) is 5.30. The van der Waals surface area contributed by atoms with E-state index in [2.05, 4.69) is 38.1 Å². The van der Waals surface area contributed by atoms with Crippen molar-refractivity contribution in [1.29, 1.82) is 0 Å². The molecule has 1 N–H and O–H groups in total. The minimum absolute atomic E-state index is 0.0238. The minimum atomic E-state index is -0.315. The predicted molar refractivity (Wildman–Crippen MR) is 174 cm³/mol. The lowest BCUT2D eigenvalue weighted by Crippen LogP contribution is -2.50. The summed E-state index contributed by atoms with van der Waals surface area (Å²) in [5.41, 5.74) is 5.94. The summed E-state index contributed by atoms with van der Waals surface area (Å²) in [6.45, 7) is 6.56. The molecule has 1 aliphatic rings. The monoisotopic (exact) mass is 614 g/mol. The average molecular weight is 615 g/mol. The molecule has 46 heavy (non-hydrogen) atoms. The number of piperidine rings is 1. The second-order valence-electron chi connectivity index (χ2n) is 11.6. The van der Waals surface area contributed by atoms with E-state index in [-0.39, 0.29) is 24.8 Å². The van der Waals surface area contributed by atoms with Crippen LogP contribution in [-0.4, -0.2) is 59.3 Å². The third-order valence-electron chi connectivity index (χ3n) is 8.32. The second kappa shape index (κ2) is 12.4. The Morgan fingerprint density at radius 2 is 1.76 bits per heavy atom. The van der Waals surface area contributed by atoms with Gasteiger partial charge in [0.25, 0.3) is 0 Å². The van der Waals surface area contributed by atoms with Crippen molar-refractivity contribution in [2.45, 2.75) is 52.3 Å². The Morgan fingerprint density at radius 3 is 2.52 bits per heavy atom. The molecule has 0 bridgehead atoms. The van der Waals surface area contributed by atoms with Crippen molar-refractivity contribution >= 4 is 23.1 Å². The molecule has 1 amide bonds. The molecule has 6 aromatic rings. The van der Waals surface area contributed by atoms with Crippen LogP contribution in [0.25, 0.3) is 39.5 Å². The number of nitrogens with zero attached hydrogens (tertiary/aromatic N) is 7. The largest absolute Gasteiger partial charge is 0.445 e. The number of likely N-dealkylation sites (tertiary alicyclic amines) is 1. The number of aromatic nitrogens is 6. The zero-order valence-electron chi connectivity index (χ0n) is 25.9. The Hall–Kier alpha value is -5.58. The number of hydrogen-bond donors (Lipinski definition) is 1. The average Bonchev–Trinajstić information content (AvgIpc) is 3.69. The lowest BCUT2D eigenvalue weighted by molar-refractivity contribution is 0.0695. The third-order valence-corrected chi connectivity index (χ3v) is 8.32. The van der Waals surface area contributed by atoms with Gasteiger partial charge in [0.15, 0.2) is 0 Å². The number of aryl methyl sites for hydroxylation is 2. The van der Waals surface area contributed by atoms with E-state index in [9.17, 15) is 4.79 Å². The van der Waals surface area contributed by atoms with Crippen molar-refractivity contribution in [3.8, 4) is 28.5 Å². The molecule has 0 aliphatic carbocycles. The van der Waals surface area contributed by atoms with Gasteiger partial charge in [-0.3, -0.25) is 0 Å². The molecule has 11 heteroatoms. The predicted octanol–water partition coefficient (Wildman–Crippen LogP) is 6.75. The summed E-state index contributed by atoms with van der Waals surface area (Å²) in [7, 11) is 0. The highest BCUT2D eigenvalue weighted by atomic mass is 16.6. The molecule has 0 saturated carbocycles. The summed E-state index contributed by atoms with van der Waals surface area (Å²) in [4.78, 5) is 33.8. The quantitative estimate of drug-likeness (QED) is 0.208. The number of amides is 1. The van der Waals surface area contributed by atoms with Gasteiger partial charge in [0.2, 0.25) is 17.7 Å². The standard InChI is InChI=1S/C35H34N8O3/c1-22-18-36-34(38-26-15-14-23(2)42(19-26)35(44)45-21-25-10-6-4-7-11-25)40-31(22)29-20-43(27-12-8-5-9-13-27)33-28(29)16-17-30(39-33)32-37-24(3)46-41-32/h4-13,16-18,20,23,26H,14-15,19,21H2,1-3H3,(H,36,38,40)/t23-,26-/m1/s1. The maximum absolute atomic E-state index is 13.0. The van der Waals surface area contributed by atoms with Crippen molar-refractivity contribution in [3.05, 3.63) is 102 Å². The first-order valence-corrected chi connectivity index (χ1v) is 15.4. The van der Waals surface area contributed by atoms with Crippen molar-refractivity contribution in [2.75, 3.05) is 11.9 Å². The van der Waals surface area contributed by atoms with Gasteiger partial charge in [-0.1, -0.05) is 53.7 Å². The van der Waals surface area contributed by atoms with Gasteiger partial charge in [-0.2, -0.15) is 4.98 Å². The highest BCUT2D eigenvalue weighted by molar-refractivity contribution is 5.96. The number of rotatable bonds is 7. The highest BCUT2D eigenvalue weighted by Gasteiger charge is 2.30. The molecule has 0 unspecified atom stereocenters. The van der Waals surface area contributed by atoms with Gasteiger partial charge in [-0.25, -0.2) is 19.7 Å². The third kappa shape index (κ3) is 5.91. The van der Waals surface area contributed by atoms with Crippen LogP contribution in [0.1, 0.15) is 36.8 Å². The van der Waals surface area contributed by atoms with Crippen molar-refractivity contribution in [2.24, 2.45) is 0 Å². The maximum Gasteiger partial charge on any atom is 0.410 e. The van der Waals surface area contributed by atoms with Gasteiger partial charge < -0.3 is 24.0 Å². The topological polar surface area (TPSA) is 124 Å². The summed E-state index contributed by atoms with van der Waals surface area (Å²) < 4.78 is 12.9. The van der Waals surface area contributed by atoms with E-state index in [1.807, 2.05) is 85.9 Å². The Bertz CT molecular complexity index is 1990. The number of fused-ring (bicyclic) bond motifs is 1. The summed E-state index contributed by atoms with van der Waals surface area (Å²) in [5.74, 6) is 1.42. The Kier molecular flexibility index (Phi) is 7.88. The number of nitrogens with one attached hydrogen (secondary N) is 1. The van der Waals surface area contributed by atoms with Gasteiger partial charge >= 0.3 is 6.09 Å². The van der Waals surface area contributed by atoms with E-state index in [4.69, 9.17) is 19.2 Å². The van der Waals surface area contributed by atoms with Crippen LogP contribution in [0.15, 0.2) is 89.7 Å². The molecular formula is C35H34N8O3. The number of carbonyl (C=O) groups excluding carboxylic acids is 1. The number of pyridine rings is 1. The molecule has 2 aromatic carbocycles. The normalized spacial score (nSPS) is 16.5. The number of carbonyl (C=O) groups is 1. The molecule has 1 fully saturated rings.